The Bertz CT molecular complexity index is 13.5. The first-order chi connectivity index (χ1) is 0. The van der Waals surface area contributed by atoms with E-state index < -0.39 is 0 Å². The Morgan fingerprint density at radius 3 is 1.25 bits per heavy atom. The summed E-state index contributed by atoms with van der Waals surface area (Å²) >= 11 is 0. The molecule has 0 fully saturated rings. The van der Waals surface area contributed by atoms with Gasteiger partial charge in [0.2, 0.25) is 0 Å². The van der Waals surface area contributed by atoms with Gasteiger partial charge in [0, 0.05) is 0 Å². The normalized spacial score (nSPS) is 0. The summed E-state index contributed by atoms with van der Waals surface area (Å²) in [5.74, 6) is 0. The third-order valence-corrected chi connectivity index (χ3v) is 0. The summed E-state index contributed by atoms with van der Waals surface area (Å²) in [4.78, 5) is 0. The van der Waals surface area contributed by atoms with Crippen molar-refractivity contribution in [2.75, 3.05) is 0 Å². The van der Waals surface area contributed by atoms with Crippen molar-refractivity contribution in [1.29, 1.82) is 0 Å². The van der Waals surface area contributed by atoms with Crippen molar-refractivity contribution < 1.29 is 83.8 Å². The van der Waals surface area contributed by atoms with Crippen LogP contribution in [0.3, 0.4) is 0 Å². The van der Waals surface area contributed by atoms with E-state index in [1.807, 2.05) is 0 Å². The molecule has 0 aliphatic rings. The van der Waals surface area contributed by atoms with Gasteiger partial charge in [-0.05, 0) is 0 Å². The molecule has 0 aliphatic heterocycles. The van der Waals surface area contributed by atoms with E-state index in [1.54, 1.807) is 0 Å². The van der Waals surface area contributed by atoms with E-state index in [9.17, 15) is 0 Å². The molecule has 4 heteroatoms. The van der Waals surface area contributed by atoms with Crippen LogP contribution in [0.25, 0.3) is 0 Å². The Kier molecular flexibility index (Phi) is 102. The van der Waals surface area contributed by atoms with Gasteiger partial charge in [0.1, 0.15) is 0 Å². The van der Waals surface area contributed by atoms with E-state index in [-0.39, 0.29) is 111 Å². The first-order valence-corrected chi connectivity index (χ1v) is 0. The van der Waals surface area contributed by atoms with E-state index in [4.69, 9.17) is 0 Å². The van der Waals surface area contributed by atoms with E-state index in [0.717, 1.165) is 0 Å². The fraction of sp³-hybridized carbons (Fsp3) is 0. The van der Waals surface area contributed by atoms with Gasteiger partial charge in [-0.1, -0.05) is 0 Å². The first-order valence-electron chi connectivity index (χ1n) is 0. The Hall–Kier alpha value is 3.59. The standard InChI is InChI=1S/K.Na.H3P.H2Se.2H/h;;1H3;1H2;;/q2*+1;;;2*-1. The van der Waals surface area contributed by atoms with Gasteiger partial charge in [0.15, 0.2) is 0 Å². The molecule has 0 spiro atoms. The van der Waals surface area contributed by atoms with E-state index in [0.29, 0.717) is 0 Å². The van der Waals surface area contributed by atoms with Gasteiger partial charge < -0.3 is 2.85 Å². The summed E-state index contributed by atoms with van der Waals surface area (Å²) in [7, 11) is 0. The van der Waals surface area contributed by atoms with E-state index in [1.165, 1.54) is 0 Å². The van der Waals surface area contributed by atoms with Crippen molar-refractivity contribution in [1.82, 2.24) is 0 Å². The molecule has 1 atom stereocenters. The van der Waals surface area contributed by atoms with Gasteiger partial charge in [-0.3, -0.25) is 0 Å². The van der Waals surface area contributed by atoms with Crippen LogP contribution < -0.4 is 80.9 Å². The summed E-state index contributed by atoms with van der Waals surface area (Å²) in [6.07, 6.45) is 0. The van der Waals surface area contributed by atoms with Crippen LogP contribution in [0.4, 0.5) is 0 Å². The van der Waals surface area contributed by atoms with Crippen molar-refractivity contribution in [3.8, 4) is 0 Å². The molecule has 0 radical (unpaired) electrons. The molecule has 0 aromatic rings. The average molecular weight is 179 g/mol. The van der Waals surface area contributed by atoms with Gasteiger partial charge in [-0.15, -0.1) is 0 Å². The summed E-state index contributed by atoms with van der Waals surface area (Å²) in [6, 6.07) is 0. The second kappa shape index (κ2) is 16.0. The topological polar surface area (TPSA) is 0 Å². The summed E-state index contributed by atoms with van der Waals surface area (Å²) < 4.78 is 0. The van der Waals surface area contributed by atoms with Crippen LogP contribution in [0.15, 0.2) is 0 Å². The Morgan fingerprint density at radius 1 is 1.25 bits per heavy atom. The molecule has 0 amide bonds. The molecule has 0 aromatic heterocycles. The Labute approximate surface area is 108 Å². The molecule has 0 heterocycles. The van der Waals surface area contributed by atoms with E-state index >= 15 is 0 Å². The second-order valence-electron chi connectivity index (χ2n) is 0. The number of hydrogen-bond acceptors (Lipinski definition) is 0. The van der Waals surface area contributed by atoms with Crippen LogP contribution in [-0.4, -0.2) is 17.1 Å². The van der Waals surface area contributed by atoms with Crippen molar-refractivity contribution in [3.05, 3.63) is 0 Å². The molecular weight excluding hydrogens is 172 g/mol. The van der Waals surface area contributed by atoms with Crippen LogP contribution in [0.2, 0.25) is 0 Å². The quantitative estimate of drug-likeness (QED) is 0.256. The fourth-order valence-corrected chi connectivity index (χ4v) is 0. The zero-order valence-corrected chi connectivity index (χ0v) is 11.8. The van der Waals surface area contributed by atoms with Crippen LogP contribution in [-0.2, 0) is 0 Å². The predicted octanol–water partition coefficient (Wildman–Crippen LogP) is -6.63. The van der Waals surface area contributed by atoms with E-state index in [2.05, 4.69) is 0 Å². The van der Waals surface area contributed by atoms with Gasteiger partial charge in [-0.25, -0.2) is 0 Å². The van der Waals surface area contributed by atoms with Gasteiger partial charge >= 0.3 is 98.0 Å². The zero-order chi connectivity index (χ0) is 0. The van der Waals surface area contributed by atoms with Crippen LogP contribution >= 0.6 is 9.90 Å². The monoisotopic (exact) mass is 180 g/mol. The van der Waals surface area contributed by atoms with Gasteiger partial charge in [-0.2, -0.15) is 9.90 Å². The maximum absolute atomic E-state index is 0. The Morgan fingerprint density at radius 2 is 1.25 bits per heavy atom. The average Bonchev–Trinajstić information content (AvgIpc) is 0. The molecule has 0 bridgehead atoms. The molecular formula is H7KNaPSe. The second-order valence-corrected chi connectivity index (χ2v) is 0. The van der Waals surface area contributed by atoms with Crippen molar-refractivity contribution in [2.24, 2.45) is 0 Å². The summed E-state index contributed by atoms with van der Waals surface area (Å²) in [5, 5.41) is 0. The number of hydrogen-bond donors (Lipinski definition) is 0. The summed E-state index contributed by atoms with van der Waals surface area (Å²) in [6.45, 7) is 0. The van der Waals surface area contributed by atoms with Gasteiger partial charge in [0.25, 0.3) is 0 Å². The fourth-order valence-electron chi connectivity index (χ4n) is 0. The minimum absolute atomic E-state index is 0. The third-order valence-electron chi connectivity index (χ3n) is 0. The van der Waals surface area contributed by atoms with Gasteiger partial charge in [0.05, 0.1) is 0 Å². The number of rotatable bonds is 0. The predicted molar refractivity (Wildman–Crippen MR) is 21.9 cm³/mol. The van der Waals surface area contributed by atoms with Crippen molar-refractivity contribution in [2.45, 2.75) is 0 Å². The van der Waals surface area contributed by atoms with Crippen molar-refractivity contribution >= 4 is 27.0 Å². The zero-order valence-electron chi connectivity index (χ0n) is 5.21. The first kappa shape index (κ1) is 25.6. The molecule has 0 nitrogen and oxygen atoms in total. The van der Waals surface area contributed by atoms with Crippen LogP contribution in [0, 0.1) is 0 Å². The molecule has 0 N–H and O–H groups in total. The maximum atomic E-state index is 0. The third kappa shape index (κ3) is 9.14. The SMILES string of the molecule is P.[H-].[H-].[K+].[Na+].[SeH2]. The molecule has 0 saturated heterocycles. The summed E-state index contributed by atoms with van der Waals surface area (Å²) in [5.41, 5.74) is 0. The minimum atomic E-state index is 0. The van der Waals surface area contributed by atoms with Crippen molar-refractivity contribution in [3.63, 3.8) is 0 Å². The van der Waals surface area contributed by atoms with Crippen LogP contribution in [0.5, 0.6) is 0 Å². The molecule has 4 heavy (non-hydrogen) atoms. The molecule has 1 unspecified atom stereocenters. The molecule has 0 aromatic carbocycles. The molecule has 0 aliphatic carbocycles. The molecule has 0 saturated carbocycles. The Balaban J connectivity index is 0. The molecule has 20 valence electrons. The molecule has 0 rings (SSSR count). The van der Waals surface area contributed by atoms with Crippen LogP contribution in [0.1, 0.15) is 2.85 Å².